The summed E-state index contributed by atoms with van der Waals surface area (Å²) >= 11 is 0. The van der Waals surface area contributed by atoms with Gasteiger partial charge >= 0.3 is 12.2 Å². The minimum absolute atomic E-state index is 0.0154. The van der Waals surface area contributed by atoms with Gasteiger partial charge in [-0.2, -0.15) is 13.2 Å². The third kappa shape index (κ3) is 4.56. The van der Waals surface area contributed by atoms with Gasteiger partial charge in [0.15, 0.2) is 0 Å². The Morgan fingerprint density at radius 1 is 1.15 bits per heavy atom. The molecule has 2 heterocycles. The van der Waals surface area contributed by atoms with Gasteiger partial charge in [-0.05, 0) is 49.1 Å². The highest BCUT2D eigenvalue weighted by Crippen LogP contribution is 2.45. The molecule has 0 saturated carbocycles. The average Bonchev–Trinajstić information content (AvgIpc) is 2.80. The Balaban J connectivity index is 1.57. The van der Waals surface area contributed by atoms with E-state index in [0.717, 1.165) is 23.4 Å². The molecule has 6 nitrogen and oxygen atoms in total. The monoisotopic (exact) mass is 475 g/mol. The van der Waals surface area contributed by atoms with Crippen molar-refractivity contribution in [2.24, 2.45) is 0 Å². The van der Waals surface area contributed by atoms with E-state index in [2.05, 4.69) is 10.6 Å². The summed E-state index contributed by atoms with van der Waals surface area (Å²) in [5.74, 6) is 0.158. The number of anilines is 2. The van der Waals surface area contributed by atoms with Crippen LogP contribution in [0, 0.1) is 0 Å². The Hall–Kier alpha value is -3.23. The third-order valence-corrected chi connectivity index (χ3v) is 6.90. The summed E-state index contributed by atoms with van der Waals surface area (Å²) in [7, 11) is 1.70. The van der Waals surface area contributed by atoms with Gasteiger partial charge < -0.3 is 20.3 Å². The number of hydrogen-bond acceptors (Lipinski definition) is 3. The Morgan fingerprint density at radius 3 is 2.56 bits per heavy atom. The summed E-state index contributed by atoms with van der Waals surface area (Å²) < 4.78 is 45.9. The second-order valence-corrected chi connectivity index (χ2v) is 8.89. The molecule has 3 amide bonds. The first kappa shape index (κ1) is 23.9. The molecule has 9 heteroatoms. The summed E-state index contributed by atoms with van der Waals surface area (Å²) in [5, 5.41) is 5.71. The van der Waals surface area contributed by atoms with Crippen LogP contribution in [-0.4, -0.2) is 24.6 Å². The number of ether oxygens (including phenoxy) is 1. The van der Waals surface area contributed by atoms with Crippen LogP contribution in [0.2, 0.25) is 0 Å². The molecule has 2 aromatic carbocycles. The molecule has 0 radical (unpaired) electrons. The summed E-state index contributed by atoms with van der Waals surface area (Å²) in [6.07, 6.45) is -1.77. The van der Waals surface area contributed by atoms with E-state index in [1.165, 1.54) is 6.07 Å². The van der Waals surface area contributed by atoms with Gasteiger partial charge in [0.05, 0.1) is 11.6 Å². The van der Waals surface area contributed by atoms with Crippen molar-refractivity contribution in [1.82, 2.24) is 5.32 Å². The van der Waals surface area contributed by atoms with Crippen LogP contribution in [0.5, 0.6) is 5.75 Å². The predicted molar refractivity (Wildman–Crippen MR) is 123 cm³/mol. The summed E-state index contributed by atoms with van der Waals surface area (Å²) in [6, 6.07) is 7.80. The first-order chi connectivity index (χ1) is 16.0. The molecule has 1 atom stereocenters. The molecular formula is C25H28F3N3O3. The second-order valence-electron chi connectivity index (χ2n) is 8.89. The second kappa shape index (κ2) is 8.85. The molecular weight excluding hydrogens is 447 g/mol. The van der Waals surface area contributed by atoms with E-state index in [1.54, 1.807) is 24.1 Å². The number of nitrogens with one attached hydrogen (secondary N) is 2. The predicted octanol–water partition coefficient (Wildman–Crippen LogP) is 5.82. The minimum Gasteiger partial charge on any atom is -0.487 e. The summed E-state index contributed by atoms with van der Waals surface area (Å²) in [4.78, 5) is 26.5. The average molecular weight is 476 g/mol. The van der Waals surface area contributed by atoms with Gasteiger partial charge in [0, 0.05) is 36.8 Å². The fourth-order valence-corrected chi connectivity index (χ4v) is 4.69. The van der Waals surface area contributed by atoms with E-state index >= 15 is 0 Å². The lowest BCUT2D eigenvalue weighted by Crippen LogP contribution is -2.45. The van der Waals surface area contributed by atoms with Crippen LogP contribution in [0.4, 0.5) is 29.3 Å². The minimum atomic E-state index is -4.49. The Bertz CT molecular complexity index is 1110. The molecule has 0 aliphatic carbocycles. The van der Waals surface area contributed by atoms with Crippen molar-refractivity contribution in [3.8, 4) is 5.75 Å². The van der Waals surface area contributed by atoms with Gasteiger partial charge in [-0.15, -0.1) is 0 Å². The van der Waals surface area contributed by atoms with E-state index in [1.807, 2.05) is 19.9 Å². The van der Waals surface area contributed by atoms with Gasteiger partial charge in [-0.1, -0.05) is 26.0 Å². The van der Waals surface area contributed by atoms with Gasteiger partial charge in [-0.25, -0.2) is 4.79 Å². The van der Waals surface area contributed by atoms with Gasteiger partial charge in [-0.3, -0.25) is 4.79 Å². The van der Waals surface area contributed by atoms with Gasteiger partial charge in [0.2, 0.25) is 5.91 Å². The number of carbonyl (C=O) groups is 2. The number of urea groups is 1. The van der Waals surface area contributed by atoms with Crippen molar-refractivity contribution in [2.75, 3.05) is 17.3 Å². The molecule has 2 aromatic rings. The molecule has 0 aromatic heterocycles. The molecule has 0 fully saturated rings. The van der Waals surface area contributed by atoms with Gasteiger partial charge in [0.1, 0.15) is 11.4 Å². The standard InChI is InChI=1S/C25H28F3N3O3/c1-4-24(5-2)14-19(18-10-8-16(25(26,27)28)12-21(18)34-24)30-23(33)29-17-9-6-15-7-11-22(32)31(3)20(15)13-17/h6,8-10,12-13,19H,4-5,7,11,14H2,1-3H3,(H2,29,30,33)/t19-/m1/s1. The number of carbonyl (C=O) groups excluding carboxylic acids is 2. The molecule has 0 saturated heterocycles. The SMILES string of the molecule is CCC1(CC)C[C@@H](NC(=O)Nc2ccc3c(c2)N(C)C(=O)CC3)c2ccc(C(F)(F)F)cc2O1. The van der Waals surface area contributed by atoms with Crippen molar-refractivity contribution in [3.05, 3.63) is 53.1 Å². The maximum absolute atomic E-state index is 13.3. The van der Waals surface area contributed by atoms with Crippen LogP contribution < -0.4 is 20.3 Å². The Morgan fingerprint density at radius 2 is 1.88 bits per heavy atom. The summed E-state index contributed by atoms with van der Waals surface area (Å²) in [5.41, 5.74) is 1.35. The quantitative estimate of drug-likeness (QED) is 0.586. The highest BCUT2D eigenvalue weighted by atomic mass is 19.4. The van der Waals surface area contributed by atoms with E-state index < -0.39 is 29.4 Å². The highest BCUT2D eigenvalue weighted by Gasteiger charge is 2.41. The number of rotatable bonds is 4. The third-order valence-electron chi connectivity index (χ3n) is 6.90. The zero-order valence-electron chi connectivity index (χ0n) is 19.4. The molecule has 0 unspecified atom stereocenters. The molecule has 2 N–H and O–H groups in total. The zero-order valence-corrected chi connectivity index (χ0v) is 19.4. The first-order valence-corrected chi connectivity index (χ1v) is 11.4. The Labute approximate surface area is 196 Å². The Kier molecular flexibility index (Phi) is 6.22. The van der Waals surface area contributed by atoms with Crippen LogP contribution in [0.1, 0.15) is 62.3 Å². The fraction of sp³-hybridized carbons (Fsp3) is 0.440. The molecule has 2 aliphatic heterocycles. The number of alkyl halides is 3. The lowest BCUT2D eigenvalue weighted by atomic mass is 9.83. The van der Waals surface area contributed by atoms with Crippen molar-refractivity contribution in [2.45, 2.75) is 63.8 Å². The largest absolute Gasteiger partial charge is 0.487 e. The van der Waals surface area contributed by atoms with E-state index in [4.69, 9.17) is 4.74 Å². The number of benzene rings is 2. The summed E-state index contributed by atoms with van der Waals surface area (Å²) in [6.45, 7) is 3.84. The number of halogens is 3. The number of amides is 3. The molecule has 0 bridgehead atoms. The van der Waals surface area contributed by atoms with Crippen molar-refractivity contribution in [3.63, 3.8) is 0 Å². The van der Waals surface area contributed by atoms with Crippen LogP contribution in [-0.2, 0) is 17.4 Å². The van der Waals surface area contributed by atoms with Crippen LogP contribution in [0.3, 0.4) is 0 Å². The molecule has 4 rings (SSSR count). The highest BCUT2D eigenvalue weighted by molar-refractivity contribution is 5.97. The van der Waals surface area contributed by atoms with Crippen LogP contribution in [0.25, 0.3) is 0 Å². The van der Waals surface area contributed by atoms with Crippen molar-refractivity contribution < 1.29 is 27.5 Å². The smallest absolute Gasteiger partial charge is 0.416 e. The number of nitrogens with zero attached hydrogens (tertiary/aromatic N) is 1. The lowest BCUT2D eigenvalue weighted by molar-refractivity contribution is -0.137. The maximum atomic E-state index is 13.3. The number of hydrogen-bond donors (Lipinski definition) is 2. The van der Waals surface area contributed by atoms with Crippen molar-refractivity contribution in [1.29, 1.82) is 0 Å². The maximum Gasteiger partial charge on any atom is 0.416 e. The van der Waals surface area contributed by atoms with E-state index in [0.29, 0.717) is 43.4 Å². The first-order valence-electron chi connectivity index (χ1n) is 11.4. The molecule has 2 aliphatic rings. The number of aryl methyl sites for hydroxylation is 1. The van der Waals surface area contributed by atoms with Crippen LogP contribution in [0.15, 0.2) is 36.4 Å². The van der Waals surface area contributed by atoms with E-state index in [-0.39, 0.29) is 11.7 Å². The van der Waals surface area contributed by atoms with Gasteiger partial charge in [0.25, 0.3) is 0 Å². The van der Waals surface area contributed by atoms with E-state index in [9.17, 15) is 22.8 Å². The lowest BCUT2D eigenvalue weighted by Gasteiger charge is -2.42. The van der Waals surface area contributed by atoms with Crippen molar-refractivity contribution >= 4 is 23.3 Å². The molecule has 34 heavy (non-hydrogen) atoms. The number of fused-ring (bicyclic) bond motifs is 2. The van der Waals surface area contributed by atoms with Crippen LogP contribution >= 0.6 is 0 Å². The molecule has 182 valence electrons. The fourth-order valence-electron chi connectivity index (χ4n) is 4.69. The normalized spacial score (nSPS) is 19.1. The topological polar surface area (TPSA) is 70.7 Å². The zero-order chi connectivity index (χ0) is 24.7. The molecule has 0 spiro atoms.